The molecule has 1 aromatic carbocycles. The van der Waals surface area contributed by atoms with Crippen LogP contribution in [0.25, 0.3) is 11.4 Å². The standard InChI is InChI=1S/C13H16ClN3/c1-9(2)7-17-8-15-16-13(17)11-4-5-12(14)10(3)6-11/h4-6,8-9H,7H2,1-3H3. The van der Waals surface area contributed by atoms with Crippen LogP contribution in [0.5, 0.6) is 0 Å². The van der Waals surface area contributed by atoms with E-state index in [1.165, 1.54) is 0 Å². The molecule has 2 aromatic rings. The molecule has 0 saturated carbocycles. The van der Waals surface area contributed by atoms with E-state index in [1.807, 2.05) is 25.1 Å². The second-order valence-electron chi connectivity index (χ2n) is 4.66. The Hall–Kier alpha value is -1.35. The third-order valence-electron chi connectivity index (χ3n) is 2.59. The number of aryl methyl sites for hydroxylation is 1. The monoisotopic (exact) mass is 249 g/mol. The summed E-state index contributed by atoms with van der Waals surface area (Å²) in [4.78, 5) is 0. The maximum absolute atomic E-state index is 6.02. The van der Waals surface area contributed by atoms with Gasteiger partial charge in [0.15, 0.2) is 5.82 Å². The summed E-state index contributed by atoms with van der Waals surface area (Å²) in [7, 11) is 0. The van der Waals surface area contributed by atoms with Crippen LogP contribution in [-0.2, 0) is 6.54 Å². The van der Waals surface area contributed by atoms with Crippen LogP contribution in [0, 0.1) is 12.8 Å². The van der Waals surface area contributed by atoms with E-state index in [9.17, 15) is 0 Å². The van der Waals surface area contributed by atoms with Gasteiger partial charge in [-0.25, -0.2) is 0 Å². The number of rotatable bonds is 3. The molecule has 0 bridgehead atoms. The molecule has 0 radical (unpaired) electrons. The largest absolute Gasteiger partial charge is 0.313 e. The minimum atomic E-state index is 0.568. The third-order valence-corrected chi connectivity index (χ3v) is 3.02. The number of aromatic nitrogens is 3. The molecular weight excluding hydrogens is 234 g/mol. The highest BCUT2D eigenvalue weighted by Crippen LogP contribution is 2.23. The average Bonchev–Trinajstić information content (AvgIpc) is 2.69. The van der Waals surface area contributed by atoms with Crippen molar-refractivity contribution in [3.05, 3.63) is 35.1 Å². The lowest BCUT2D eigenvalue weighted by atomic mass is 10.1. The lowest BCUT2D eigenvalue weighted by Gasteiger charge is -2.09. The van der Waals surface area contributed by atoms with Crippen molar-refractivity contribution in [1.82, 2.24) is 14.8 Å². The molecule has 17 heavy (non-hydrogen) atoms. The van der Waals surface area contributed by atoms with Crippen LogP contribution in [0.4, 0.5) is 0 Å². The Labute approximate surface area is 106 Å². The molecule has 0 atom stereocenters. The van der Waals surface area contributed by atoms with Crippen LogP contribution in [-0.4, -0.2) is 14.8 Å². The maximum atomic E-state index is 6.02. The molecule has 90 valence electrons. The van der Waals surface area contributed by atoms with Crippen molar-refractivity contribution < 1.29 is 0 Å². The van der Waals surface area contributed by atoms with E-state index in [1.54, 1.807) is 6.33 Å². The maximum Gasteiger partial charge on any atom is 0.163 e. The quantitative estimate of drug-likeness (QED) is 0.833. The van der Waals surface area contributed by atoms with Gasteiger partial charge in [0.05, 0.1) is 0 Å². The SMILES string of the molecule is Cc1cc(-c2nncn2CC(C)C)ccc1Cl. The molecule has 0 unspecified atom stereocenters. The molecule has 1 aromatic heterocycles. The fourth-order valence-corrected chi connectivity index (χ4v) is 1.91. The summed E-state index contributed by atoms with van der Waals surface area (Å²) in [5, 5.41) is 8.94. The minimum absolute atomic E-state index is 0.568. The van der Waals surface area contributed by atoms with Crippen molar-refractivity contribution >= 4 is 11.6 Å². The Morgan fingerprint density at radius 1 is 1.35 bits per heavy atom. The van der Waals surface area contributed by atoms with Gasteiger partial charge >= 0.3 is 0 Å². The Kier molecular flexibility index (Phi) is 3.48. The highest BCUT2D eigenvalue weighted by molar-refractivity contribution is 6.31. The molecule has 4 heteroatoms. The van der Waals surface area contributed by atoms with E-state index in [2.05, 4.69) is 28.6 Å². The van der Waals surface area contributed by atoms with Crippen molar-refractivity contribution in [2.45, 2.75) is 27.3 Å². The van der Waals surface area contributed by atoms with Crippen LogP contribution in [0.3, 0.4) is 0 Å². The second-order valence-corrected chi connectivity index (χ2v) is 5.07. The van der Waals surface area contributed by atoms with E-state index in [0.717, 1.165) is 28.5 Å². The normalized spacial score (nSPS) is 11.1. The summed E-state index contributed by atoms with van der Waals surface area (Å²) >= 11 is 6.02. The van der Waals surface area contributed by atoms with Crippen molar-refractivity contribution in [2.75, 3.05) is 0 Å². The molecule has 0 fully saturated rings. The van der Waals surface area contributed by atoms with E-state index in [0.29, 0.717) is 5.92 Å². The first kappa shape index (κ1) is 12.1. The molecule has 0 spiro atoms. The van der Waals surface area contributed by atoms with Gasteiger partial charge in [-0.1, -0.05) is 25.4 Å². The summed E-state index contributed by atoms with van der Waals surface area (Å²) in [5.74, 6) is 1.47. The average molecular weight is 250 g/mol. The van der Waals surface area contributed by atoms with Crippen LogP contribution >= 0.6 is 11.6 Å². The topological polar surface area (TPSA) is 30.7 Å². The van der Waals surface area contributed by atoms with E-state index in [4.69, 9.17) is 11.6 Å². The lowest BCUT2D eigenvalue weighted by Crippen LogP contribution is -2.05. The molecule has 2 rings (SSSR count). The van der Waals surface area contributed by atoms with Crippen LogP contribution in [0.15, 0.2) is 24.5 Å². The first-order valence-electron chi connectivity index (χ1n) is 5.72. The molecule has 0 saturated heterocycles. The molecule has 0 aliphatic carbocycles. The van der Waals surface area contributed by atoms with Crippen LogP contribution < -0.4 is 0 Å². The summed E-state index contributed by atoms with van der Waals surface area (Å²) in [6.07, 6.45) is 1.78. The van der Waals surface area contributed by atoms with Gasteiger partial charge in [0, 0.05) is 17.1 Å². The Balaban J connectivity index is 2.39. The molecule has 0 N–H and O–H groups in total. The minimum Gasteiger partial charge on any atom is -0.313 e. The summed E-state index contributed by atoms with van der Waals surface area (Å²) in [6.45, 7) is 7.27. The number of nitrogens with zero attached hydrogens (tertiary/aromatic N) is 3. The van der Waals surface area contributed by atoms with Gasteiger partial charge in [-0.05, 0) is 36.6 Å². The smallest absolute Gasteiger partial charge is 0.163 e. The van der Waals surface area contributed by atoms with E-state index < -0.39 is 0 Å². The van der Waals surface area contributed by atoms with E-state index >= 15 is 0 Å². The van der Waals surface area contributed by atoms with Crippen molar-refractivity contribution in [2.24, 2.45) is 5.92 Å². The van der Waals surface area contributed by atoms with Crippen LogP contribution in [0.1, 0.15) is 19.4 Å². The highest BCUT2D eigenvalue weighted by Gasteiger charge is 2.09. The number of hydrogen-bond acceptors (Lipinski definition) is 2. The summed E-state index contributed by atoms with van der Waals surface area (Å²) in [5.41, 5.74) is 2.12. The fourth-order valence-electron chi connectivity index (χ4n) is 1.79. The number of benzene rings is 1. The molecule has 0 aliphatic rings. The predicted molar refractivity (Wildman–Crippen MR) is 70.0 cm³/mol. The zero-order valence-corrected chi connectivity index (χ0v) is 11.1. The van der Waals surface area contributed by atoms with Crippen molar-refractivity contribution in [3.8, 4) is 11.4 Å². The van der Waals surface area contributed by atoms with Gasteiger partial charge in [0.25, 0.3) is 0 Å². The molecule has 3 nitrogen and oxygen atoms in total. The van der Waals surface area contributed by atoms with Gasteiger partial charge in [0.2, 0.25) is 0 Å². The zero-order chi connectivity index (χ0) is 12.4. The van der Waals surface area contributed by atoms with Crippen molar-refractivity contribution in [1.29, 1.82) is 0 Å². The Morgan fingerprint density at radius 3 is 2.76 bits per heavy atom. The van der Waals surface area contributed by atoms with Gasteiger partial charge in [-0.15, -0.1) is 10.2 Å². The summed E-state index contributed by atoms with van der Waals surface area (Å²) in [6, 6.07) is 5.93. The number of hydrogen-bond donors (Lipinski definition) is 0. The van der Waals surface area contributed by atoms with Crippen LogP contribution in [0.2, 0.25) is 5.02 Å². The first-order chi connectivity index (χ1) is 8.08. The summed E-state index contributed by atoms with van der Waals surface area (Å²) < 4.78 is 2.08. The van der Waals surface area contributed by atoms with Gasteiger partial charge < -0.3 is 4.57 Å². The van der Waals surface area contributed by atoms with Gasteiger partial charge in [0.1, 0.15) is 6.33 Å². The Bertz CT molecular complexity index is 517. The van der Waals surface area contributed by atoms with E-state index in [-0.39, 0.29) is 0 Å². The van der Waals surface area contributed by atoms with Crippen molar-refractivity contribution in [3.63, 3.8) is 0 Å². The molecule has 0 amide bonds. The number of halogens is 1. The molecule has 1 heterocycles. The molecular formula is C13H16ClN3. The third kappa shape index (κ3) is 2.67. The first-order valence-corrected chi connectivity index (χ1v) is 6.10. The van der Waals surface area contributed by atoms with Gasteiger partial charge in [-0.2, -0.15) is 0 Å². The second kappa shape index (κ2) is 4.88. The highest BCUT2D eigenvalue weighted by atomic mass is 35.5. The lowest BCUT2D eigenvalue weighted by molar-refractivity contribution is 0.525. The fraction of sp³-hybridized carbons (Fsp3) is 0.385. The zero-order valence-electron chi connectivity index (χ0n) is 10.3. The molecule has 0 aliphatic heterocycles. The Morgan fingerprint density at radius 2 is 2.12 bits per heavy atom. The van der Waals surface area contributed by atoms with Gasteiger partial charge in [-0.3, -0.25) is 0 Å². The predicted octanol–water partition coefficient (Wildman–Crippen LogP) is 3.56.